The van der Waals surface area contributed by atoms with Crippen LogP contribution in [0.5, 0.6) is 0 Å². The van der Waals surface area contributed by atoms with Crippen LogP contribution in [0.1, 0.15) is 25.3 Å². The third-order valence-electron chi connectivity index (χ3n) is 3.49. The molecule has 2 rings (SSSR count). The van der Waals surface area contributed by atoms with E-state index in [4.69, 9.17) is 16.3 Å². The molecule has 1 aromatic carbocycles. The lowest BCUT2D eigenvalue weighted by Crippen LogP contribution is -2.28. The number of halogens is 2. The van der Waals surface area contributed by atoms with E-state index in [1.165, 1.54) is 12.1 Å². The molecule has 2 atom stereocenters. The Hall–Kier alpha value is -0.640. The van der Waals surface area contributed by atoms with E-state index in [1.54, 1.807) is 6.07 Å². The van der Waals surface area contributed by atoms with Gasteiger partial charge in [-0.2, -0.15) is 0 Å². The summed E-state index contributed by atoms with van der Waals surface area (Å²) < 4.78 is 18.5. The Morgan fingerprint density at radius 1 is 1.50 bits per heavy atom. The Morgan fingerprint density at radius 3 is 3.06 bits per heavy atom. The molecule has 0 spiro atoms. The average Bonchev–Trinajstić information content (AvgIpc) is 2.79. The van der Waals surface area contributed by atoms with Crippen LogP contribution in [-0.2, 0) is 11.3 Å². The van der Waals surface area contributed by atoms with Gasteiger partial charge < -0.3 is 10.1 Å². The first-order chi connectivity index (χ1) is 8.70. The number of benzene rings is 1. The number of nitrogens with one attached hydrogen (secondary N) is 1. The molecule has 1 fully saturated rings. The molecule has 100 valence electrons. The second-order valence-corrected chi connectivity index (χ2v) is 5.14. The van der Waals surface area contributed by atoms with Crippen LogP contribution in [0.3, 0.4) is 0 Å². The molecular formula is C14H19ClFNO. The van der Waals surface area contributed by atoms with Crippen LogP contribution in [0.15, 0.2) is 18.2 Å². The van der Waals surface area contributed by atoms with E-state index in [-0.39, 0.29) is 5.82 Å². The zero-order chi connectivity index (χ0) is 13.0. The second-order valence-electron chi connectivity index (χ2n) is 4.73. The van der Waals surface area contributed by atoms with Gasteiger partial charge in [-0.3, -0.25) is 0 Å². The van der Waals surface area contributed by atoms with Gasteiger partial charge in [-0.1, -0.05) is 24.6 Å². The van der Waals surface area contributed by atoms with Gasteiger partial charge in [0.05, 0.1) is 6.10 Å². The van der Waals surface area contributed by atoms with Crippen molar-refractivity contribution in [1.82, 2.24) is 5.32 Å². The first-order valence-corrected chi connectivity index (χ1v) is 6.84. The molecule has 1 aromatic rings. The standard InChI is InChI=1S/C14H19ClFNO/c1-2-14-11(5-6-18-14)9-17-8-10-3-4-12(16)7-13(10)15/h3-4,7,11,14,17H,2,5-6,8-9H2,1H3. The molecule has 2 unspecified atom stereocenters. The zero-order valence-corrected chi connectivity index (χ0v) is 11.3. The summed E-state index contributed by atoms with van der Waals surface area (Å²) in [6.45, 7) is 4.61. The van der Waals surface area contributed by atoms with Gasteiger partial charge in [-0.05, 0) is 36.5 Å². The topological polar surface area (TPSA) is 21.3 Å². The Labute approximate surface area is 112 Å². The van der Waals surface area contributed by atoms with Gasteiger partial charge in [0.25, 0.3) is 0 Å². The summed E-state index contributed by atoms with van der Waals surface area (Å²) in [5.41, 5.74) is 0.935. The Morgan fingerprint density at radius 2 is 2.33 bits per heavy atom. The summed E-state index contributed by atoms with van der Waals surface area (Å²) in [5, 5.41) is 3.86. The molecule has 0 aromatic heterocycles. The molecule has 2 nitrogen and oxygen atoms in total. The number of rotatable bonds is 5. The largest absolute Gasteiger partial charge is 0.378 e. The van der Waals surface area contributed by atoms with Gasteiger partial charge in [-0.15, -0.1) is 0 Å². The quantitative estimate of drug-likeness (QED) is 0.886. The maximum atomic E-state index is 12.9. The van der Waals surface area contributed by atoms with Gasteiger partial charge in [0.1, 0.15) is 5.82 Å². The summed E-state index contributed by atoms with van der Waals surface area (Å²) in [4.78, 5) is 0. The normalized spacial score (nSPS) is 23.5. The predicted molar refractivity (Wildman–Crippen MR) is 71.3 cm³/mol. The van der Waals surface area contributed by atoms with Crippen LogP contribution < -0.4 is 5.32 Å². The van der Waals surface area contributed by atoms with Crippen LogP contribution >= 0.6 is 11.6 Å². The first-order valence-electron chi connectivity index (χ1n) is 6.47. The van der Waals surface area contributed by atoms with E-state index in [1.807, 2.05) is 0 Å². The van der Waals surface area contributed by atoms with Gasteiger partial charge >= 0.3 is 0 Å². The second kappa shape index (κ2) is 6.50. The highest BCUT2D eigenvalue weighted by molar-refractivity contribution is 6.31. The van der Waals surface area contributed by atoms with Crippen molar-refractivity contribution in [3.05, 3.63) is 34.6 Å². The SMILES string of the molecule is CCC1OCCC1CNCc1ccc(F)cc1Cl. The molecular weight excluding hydrogens is 253 g/mol. The lowest BCUT2D eigenvalue weighted by molar-refractivity contribution is 0.0872. The molecule has 1 heterocycles. The molecule has 0 amide bonds. The summed E-state index contributed by atoms with van der Waals surface area (Å²) >= 11 is 5.98. The van der Waals surface area contributed by atoms with Gasteiger partial charge in [0.2, 0.25) is 0 Å². The molecule has 18 heavy (non-hydrogen) atoms. The van der Waals surface area contributed by atoms with E-state index in [9.17, 15) is 4.39 Å². The molecule has 0 bridgehead atoms. The summed E-state index contributed by atoms with van der Waals surface area (Å²) in [6, 6.07) is 4.52. The van der Waals surface area contributed by atoms with Crippen LogP contribution in [-0.4, -0.2) is 19.3 Å². The fraction of sp³-hybridized carbons (Fsp3) is 0.571. The van der Waals surface area contributed by atoms with E-state index >= 15 is 0 Å². The fourth-order valence-corrected chi connectivity index (χ4v) is 2.67. The van der Waals surface area contributed by atoms with Gasteiger partial charge in [-0.25, -0.2) is 4.39 Å². The first kappa shape index (κ1) is 13.8. The Bertz CT molecular complexity index is 399. The highest BCUT2D eigenvalue weighted by atomic mass is 35.5. The van der Waals surface area contributed by atoms with Crippen molar-refractivity contribution in [2.24, 2.45) is 5.92 Å². The van der Waals surface area contributed by atoms with Crippen molar-refractivity contribution in [2.75, 3.05) is 13.2 Å². The maximum Gasteiger partial charge on any atom is 0.124 e. The van der Waals surface area contributed by atoms with Crippen molar-refractivity contribution in [3.63, 3.8) is 0 Å². The van der Waals surface area contributed by atoms with E-state index in [0.29, 0.717) is 23.6 Å². The smallest absolute Gasteiger partial charge is 0.124 e. The average molecular weight is 272 g/mol. The van der Waals surface area contributed by atoms with Crippen LogP contribution in [0, 0.1) is 11.7 Å². The Kier molecular flexibility index (Phi) is 4.98. The van der Waals surface area contributed by atoms with Crippen molar-refractivity contribution in [3.8, 4) is 0 Å². The number of hydrogen-bond acceptors (Lipinski definition) is 2. The molecule has 1 N–H and O–H groups in total. The van der Waals surface area contributed by atoms with Gasteiger partial charge in [0.15, 0.2) is 0 Å². The lowest BCUT2D eigenvalue weighted by Gasteiger charge is -2.17. The van der Waals surface area contributed by atoms with Crippen molar-refractivity contribution in [2.45, 2.75) is 32.4 Å². The molecule has 0 radical (unpaired) electrons. The molecule has 1 aliphatic heterocycles. The molecule has 0 saturated carbocycles. The third kappa shape index (κ3) is 3.44. The predicted octanol–water partition coefficient (Wildman–Crippen LogP) is 3.38. The Balaban J connectivity index is 1.81. The highest BCUT2D eigenvalue weighted by Gasteiger charge is 2.25. The minimum atomic E-state index is -0.293. The van der Waals surface area contributed by atoms with Crippen LogP contribution in [0.25, 0.3) is 0 Å². The maximum absolute atomic E-state index is 12.9. The minimum absolute atomic E-state index is 0.293. The van der Waals surface area contributed by atoms with Gasteiger partial charge in [0, 0.05) is 24.7 Å². The highest BCUT2D eigenvalue weighted by Crippen LogP contribution is 2.23. The van der Waals surface area contributed by atoms with Crippen molar-refractivity contribution in [1.29, 1.82) is 0 Å². The minimum Gasteiger partial charge on any atom is -0.378 e. The number of ether oxygens (including phenoxy) is 1. The lowest BCUT2D eigenvalue weighted by atomic mass is 9.99. The third-order valence-corrected chi connectivity index (χ3v) is 3.84. The summed E-state index contributed by atoms with van der Waals surface area (Å²) in [7, 11) is 0. The molecule has 4 heteroatoms. The molecule has 1 saturated heterocycles. The monoisotopic (exact) mass is 271 g/mol. The van der Waals surface area contributed by atoms with Crippen LogP contribution in [0.2, 0.25) is 5.02 Å². The van der Waals surface area contributed by atoms with E-state index in [2.05, 4.69) is 12.2 Å². The number of hydrogen-bond donors (Lipinski definition) is 1. The van der Waals surface area contributed by atoms with Crippen molar-refractivity contribution >= 4 is 11.6 Å². The molecule has 1 aliphatic rings. The zero-order valence-electron chi connectivity index (χ0n) is 10.6. The summed E-state index contributed by atoms with van der Waals surface area (Å²) in [5.74, 6) is 0.285. The summed E-state index contributed by atoms with van der Waals surface area (Å²) in [6.07, 6.45) is 2.55. The van der Waals surface area contributed by atoms with Crippen molar-refractivity contribution < 1.29 is 9.13 Å². The van der Waals surface area contributed by atoms with E-state index < -0.39 is 0 Å². The van der Waals surface area contributed by atoms with Crippen LogP contribution in [0.4, 0.5) is 4.39 Å². The fourth-order valence-electron chi connectivity index (χ4n) is 2.43. The molecule has 0 aliphatic carbocycles. The van der Waals surface area contributed by atoms with E-state index in [0.717, 1.165) is 31.6 Å².